The number of hydrogen-bond donors (Lipinski definition) is 1. The first-order chi connectivity index (χ1) is 16.3. The number of nitrogens with zero attached hydrogens (tertiary/aromatic N) is 2. The van der Waals surface area contributed by atoms with E-state index < -0.39 is 5.91 Å². The minimum atomic E-state index is -0.392. The summed E-state index contributed by atoms with van der Waals surface area (Å²) in [4.78, 5) is 33.6. The number of halogens is 1. The third-order valence-corrected chi connectivity index (χ3v) is 6.83. The maximum Gasteiger partial charge on any atom is 0.244 e. The Morgan fingerprint density at radius 1 is 1.15 bits per heavy atom. The number of nitrogens with one attached hydrogen (secondary N) is 1. The minimum Gasteiger partial charge on any atom is -0.495 e. The number of thiophene rings is 1. The van der Waals surface area contributed by atoms with Gasteiger partial charge < -0.3 is 19.7 Å². The lowest BCUT2D eigenvalue weighted by molar-refractivity contribution is -0.120. The third-order valence-electron chi connectivity index (χ3n) is 5.61. The molecule has 2 heterocycles. The van der Waals surface area contributed by atoms with Gasteiger partial charge in [0, 0.05) is 10.9 Å². The monoisotopic (exact) mass is 497 g/mol. The summed E-state index contributed by atoms with van der Waals surface area (Å²) < 4.78 is 10.6. The lowest BCUT2D eigenvalue weighted by atomic mass is 10.1. The first-order valence-corrected chi connectivity index (χ1v) is 11.8. The molecule has 9 heteroatoms. The number of aliphatic imine (C=N–C) groups is 1. The van der Waals surface area contributed by atoms with Crippen LogP contribution in [0.3, 0.4) is 0 Å². The minimum absolute atomic E-state index is 0.0955. The quantitative estimate of drug-likeness (QED) is 0.485. The number of anilines is 2. The van der Waals surface area contributed by atoms with Crippen LogP contribution in [-0.4, -0.2) is 38.3 Å². The number of methoxy groups -OCH3 is 2. The number of aryl methyl sites for hydroxylation is 2. The van der Waals surface area contributed by atoms with Crippen molar-refractivity contribution in [1.29, 1.82) is 0 Å². The van der Waals surface area contributed by atoms with Crippen molar-refractivity contribution in [2.24, 2.45) is 4.99 Å². The second-order valence-electron chi connectivity index (χ2n) is 7.85. The number of fused-ring (bicyclic) bond motifs is 1. The summed E-state index contributed by atoms with van der Waals surface area (Å²) in [6, 6.07) is 10.9. The van der Waals surface area contributed by atoms with Crippen molar-refractivity contribution in [3.05, 3.63) is 62.8 Å². The molecule has 7 nitrogen and oxygen atoms in total. The lowest BCUT2D eigenvalue weighted by Gasteiger charge is -2.23. The van der Waals surface area contributed by atoms with E-state index in [2.05, 4.69) is 5.32 Å². The second kappa shape index (κ2) is 9.87. The molecule has 2 aromatic carbocycles. The van der Waals surface area contributed by atoms with Gasteiger partial charge in [-0.05, 0) is 54.6 Å². The molecule has 34 heavy (non-hydrogen) atoms. The van der Waals surface area contributed by atoms with Gasteiger partial charge in [-0.2, -0.15) is 0 Å². The largest absolute Gasteiger partial charge is 0.495 e. The van der Waals surface area contributed by atoms with Crippen LogP contribution < -0.4 is 19.7 Å². The highest BCUT2D eigenvalue weighted by atomic mass is 35.5. The van der Waals surface area contributed by atoms with Crippen molar-refractivity contribution < 1.29 is 19.1 Å². The Kier molecular flexibility index (Phi) is 6.90. The van der Waals surface area contributed by atoms with Gasteiger partial charge in [-0.3, -0.25) is 9.59 Å². The van der Waals surface area contributed by atoms with E-state index in [0.717, 1.165) is 16.0 Å². The van der Waals surface area contributed by atoms with E-state index in [1.54, 1.807) is 12.1 Å². The highest BCUT2D eigenvalue weighted by molar-refractivity contribution is 7.12. The molecular formula is C25H24ClN3O4S. The standard InChI is InChI=1S/C25H24ClN3O4S/c1-14-8-17-20(9-15(14)2)29(25(31)11-19(27-17)23-6-5-7-34-23)13-24(30)28-18-10-16(26)21(32-3)12-22(18)33-4/h5-10,12H,11,13H2,1-4H3,(H,28,30). The van der Waals surface area contributed by atoms with Crippen LogP contribution in [0.25, 0.3) is 0 Å². The number of ether oxygens (including phenoxy) is 2. The predicted octanol–water partition coefficient (Wildman–Crippen LogP) is 5.53. The van der Waals surface area contributed by atoms with Crippen LogP contribution in [0.5, 0.6) is 11.5 Å². The molecule has 0 fully saturated rings. The van der Waals surface area contributed by atoms with Crippen LogP contribution in [-0.2, 0) is 9.59 Å². The van der Waals surface area contributed by atoms with Crippen LogP contribution in [0.1, 0.15) is 22.4 Å². The normalized spacial score (nSPS) is 13.1. The van der Waals surface area contributed by atoms with Crippen molar-refractivity contribution in [2.75, 3.05) is 31.0 Å². The smallest absolute Gasteiger partial charge is 0.244 e. The fraction of sp³-hybridized carbons (Fsp3) is 0.240. The van der Waals surface area contributed by atoms with Crippen molar-refractivity contribution in [3.63, 3.8) is 0 Å². The van der Waals surface area contributed by atoms with Gasteiger partial charge in [-0.1, -0.05) is 17.7 Å². The molecule has 0 aliphatic carbocycles. The maximum absolute atomic E-state index is 13.3. The van der Waals surface area contributed by atoms with Gasteiger partial charge in [0.1, 0.15) is 18.0 Å². The average Bonchev–Trinajstić information content (AvgIpc) is 3.30. The van der Waals surface area contributed by atoms with Crippen LogP contribution in [0.4, 0.5) is 17.1 Å². The first kappa shape index (κ1) is 23.8. The van der Waals surface area contributed by atoms with Crippen molar-refractivity contribution in [2.45, 2.75) is 20.3 Å². The van der Waals surface area contributed by atoms with E-state index in [9.17, 15) is 9.59 Å². The molecule has 1 N–H and O–H groups in total. The Morgan fingerprint density at radius 3 is 2.56 bits per heavy atom. The number of hydrogen-bond acceptors (Lipinski definition) is 6. The van der Waals surface area contributed by atoms with Gasteiger partial charge in [0.15, 0.2) is 0 Å². The fourth-order valence-corrected chi connectivity index (χ4v) is 4.65. The van der Waals surface area contributed by atoms with Gasteiger partial charge in [0.2, 0.25) is 11.8 Å². The molecule has 0 radical (unpaired) electrons. The summed E-state index contributed by atoms with van der Waals surface area (Å²) in [7, 11) is 2.99. The highest BCUT2D eigenvalue weighted by Crippen LogP contribution is 2.37. The Bertz CT molecular complexity index is 1290. The Hall–Kier alpha value is -3.36. The number of carbonyl (C=O) groups is 2. The molecule has 0 bridgehead atoms. The summed E-state index contributed by atoms with van der Waals surface area (Å²) >= 11 is 7.76. The van der Waals surface area contributed by atoms with Gasteiger partial charge in [0.25, 0.3) is 0 Å². The molecule has 3 aromatic rings. The second-order valence-corrected chi connectivity index (χ2v) is 9.21. The van der Waals surface area contributed by atoms with E-state index in [0.29, 0.717) is 39.3 Å². The summed E-state index contributed by atoms with van der Waals surface area (Å²) in [5.41, 5.74) is 4.41. The molecule has 1 aliphatic heterocycles. The Morgan fingerprint density at radius 2 is 1.88 bits per heavy atom. The van der Waals surface area contributed by atoms with E-state index in [1.807, 2.05) is 43.5 Å². The zero-order valence-corrected chi connectivity index (χ0v) is 20.8. The summed E-state index contributed by atoms with van der Waals surface area (Å²) in [6.07, 6.45) is 0.0955. The van der Waals surface area contributed by atoms with Crippen LogP contribution in [0.15, 0.2) is 46.8 Å². The molecule has 0 unspecified atom stereocenters. The zero-order valence-electron chi connectivity index (χ0n) is 19.3. The summed E-state index contributed by atoms with van der Waals surface area (Å²) in [5, 5.41) is 5.08. The van der Waals surface area contributed by atoms with Gasteiger partial charge >= 0.3 is 0 Å². The van der Waals surface area contributed by atoms with Gasteiger partial charge in [-0.15, -0.1) is 11.3 Å². The van der Waals surface area contributed by atoms with E-state index in [-0.39, 0.29) is 18.9 Å². The van der Waals surface area contributed by atoms with E-state index in [1.165, 1.54) is 30.5 Å². The molecule has 0 saturated carbocycles. The molecular weight excluding hydrogens is 474 g/mol. The molecule has 0 saturated heterocycles. The SMILES string of the molecule is COc1cc(OC)c(NC(=O)CN2C(=O)CC(c3cccs3)=Nc3cc(C)c(C)cc32)cc1Cl. The number of rotatable bonds is 6. The van der Waals surface area contributed by atoms with E-state index >= 15 is 0 Å². The Labute approximate surface area is 207 Å². The molecule has 4 rings (SSSR count). The van der Waals surface area contributed by atoms with E-state index in [4.69, 9.17) is 26.1 Å². The molecule has 0 spiro atoms. The van der Waals surface area contributed by atoms with Gasteiger partial charge in [-0.25, -0.2) is 4.99 Å². The summed E-state index contributed by atoms with van der Waals surface area (Å²) in [5.74, 6) is 0.227. The number of carbonyl (C=O) groups excluding carboxylic acids is 2. The number of benzene rings is 2. The average molecular weight is 498 g/mol. The van der Waals surface area contributed by atoms with Crippen molar-refractivity contribution >= 4 is 57.5 Å². The predicted molar refractivity (Wildman–Crippen MR) is 137 cm³/mol. The molecule has 1 aromatic heterocycles. The van der Waals surface area contributed by atoms with Gasteiger partial charge in [0.05, 0.1) is 48.4 Å². The van der Waals surface area contributed by atoms with Crippen LogP contribution in [0, 0.1) is 13.8 Å². The number of amides is 2. The fourth-order valence-electron chi connectivity index (χ4n) is 3.70. The summed E-state index contributed by atoms with van der Waals surface area (Å²) in [6.45, 7) is 3.78. The topological polar surface area (TPSA) is 80.2 Å². The Balaban J connectivity index is 1.65. The van der Waals surface area contributed by atoms with Crippen LogP contribution >= 0.6 is 22.9 Å². The molecule has 2 amide bonds. The highest BCUT2D eigenvalue weighted by Gasteiger charge is 2.28. The lowest BCUT2D eigenvalue weighted by Crippen LogP contribution is -2.38. The molecule has 0 atom stereocenters. The molecule has 1 aliphatic rings. The van der Waals surface area contributed by atoms with Crippen molar-refractivity contribution in [1.82, 2.24) is 0 Å². The van der Waals surface area contributed by atoms with Crippen LogP contribution in [0.2, 0.25) is 5.02 Å². The first-order valence-electron chi connectivity index (χ1n) is 10.5. The van der Waals surface area contributed by atoms with Crippen molar-refractivity contribution in [3.8, 4) is 11.5 Å². The zero-order chi connectivity index (χ0) is 24.4. The maximum atomic E-state index is 13.3. The third kappa shape index (κ3) is 4.78. The molecule has 176 valence electrons.